The summed E-state index contributed by atoms with van der Waals surface area (Å²) in [6.07, 6.45) is 3.15. The van der Waals surface area contributed by atoms with Gasteiger partial charge in [-0.15, -0.1) is 0 Å². The van der Waals surface area contributed by atoms with Crippen LogP contribution in [0, 0.1) is 17.5 Å². The lowest BCUT2D eigenvalue weighted by molar-refractivity contribution is 0.450. The van der Waals surface area contributed by atoms with E-state index in [0.717, 1.165) is 18.9 Å². The van der Waals surface area contributed by atoms with Gasteiger partial charge in [0.25, 0.3) is 0 Å². The summed E-state index contributed by atoms with van der Waals surface area (Å²) in [5.41, 5.74) is -0.645. The van der Waals surface area contributed by atoms with E-state index < -0.39 is 22.9 Å². The smallest absolute Gasteiger partial charge is 0.196 e. The molecule has 0 spiro atoms. The van der Waals surface area contributed by atoms with Crippen LogP contribution in [0.3, 0.4) is 0 Å². The number of fused-ring (bicyclic) bond motifs is 1. The Kier molecular flexibility index (Phi) is 2.05. The fourth-order valence-electron chi connectivity index (χ4n) is 2.00. The first-order chi connectivity index (χ1) is 8.09. The van der Waals surface area contributed by atoms with Crippen LogP contribution < -0.4 is 5.43 Å². The fourth-order valence-corrected chi connectivity index (χ4v) is 2.00. The molecule has 1 aliphatic rings. The second-order valence-corrected chi connectivity index (χ2v) is 4.20. The summed E-state index contributed by atoms with van der Waals surface area (Å²) in [5.74, 6) is -4.15. The molecular formula is C12H8F3NO. The predicted molar refractivity (Wildman–Crippen MR) is 56.4 cm³/mol. The summed E-state index contributed by atoms with van der Waals surface area (Å²) in [4.78, 5) is 11.5. The molecule has 5 heteroatoms. The van der Waals surface area contributed by atoms with Gasteiger partial charge in [0.1, 0.15) is 0 Å². The second-order valence-electron chi connectivity index (χ2n) is 4.20. The Labute approximate surface area is 94.3 Å². The van der Waals surface area contributed by atoms with Crippen molar-refractivity contribution in [2.24, 2.45) is 0 Å². The minimum absolute atomic E-state index is 0.0810. The number of pyridine rings is 1. The zero-order valence-electron chi connectivity index (χ0n) is 8.71. The van der Waals surface area contributed by atoms with Gasteiger partial charge in [0.15, 0.2) is 22.9 Å². The largest absolute Gasteiger partial charge is 0.342 e. The van der Waals surface area contributed by atoms with Crippen molar-refractivity contribution >= 4 is 10.9 Å². The van der Waals surface area contributed by atoms with Gasteiger partial charge < -0.3 is 4.57 Å². The van der Waals surface area contributed by atoms with Crippen LogP contribution in [0.4, 0.5) is 13.2 Å². The fraction of sp³-hybridized carbons (Fsp3) is 0.250. The van der Waals surface area contributed by atoms with Gasteiger partial charge in [-0.2, -0.15) is 0 Å². The monoisotopic (exact) mass is 239 g/mol. The quantitative estimate of drug-likeness (QED) is 0.701. The Morgan fingerprint density at radius 3 is 2.53 bits per heavy atom. The standard InChI is InChI=1S/C12H8F3NO/c13-8-5-7-9(17)3-4-16(6-1-2-6)12(7)11(15)10(8)14/h3-6H,1-2H2. The van der Waals surface area contributed by atoms with E-state index in [1.165, 1.54) is 16.8 Å². The minimum Gasteiger partial charge on any atom is -0.342 e. The molecule has 0 aliphatic heterocycles. The molecule has 0 atom stereocenters. The van der Waals surface area contributed by atoms with Crippen molar-refractivity contribution in [2.75, 3.05) is 0 Å². The summed E-state index contributed by atoms with van der Waals surface area (Å²) in [6.45, 7) is 0. The Balaban J connectivity index is 2.49. The topological polar surface area (TPSA) is 22.0 Å². The molecule has 1 aliphatic carbocycles. The summed E-state index contributed by atoms with van der Waals surface area (Å²) < 4.78 is 41.5. The van der Waals surface area contributed by atoms with Crippen LogP contribution in [0.2, 0.25) is 0 Å². The van der Waals surface area contributed by atoms with Gasteiger partial charge in [-0.3, -0.25) is 4.79 Å². The van der Waals surface area contributed by atoms with E-state index in [-0.39, 0.29) is 16.9 Å². The van der Waals surface area contributed by atoms with Gasteiger partial charge in [-0.25, -0.2) is 13.2 Å². The molecule has 2 aromatic rings. The number of rotatable bonds is 1. The molecule has 0 N–H and O–H groups in total. The lowest BCUT2D eigenvalue weighted by Gasteiger charge is -2.10. The second kappa shape index (κ2) is 3.35. The van der Waals surface area contributed by atoms with E-state index in [0.29, 0.717) is 0 Å². The van der Waals surface area contributed by atoms with Crippen LogP contribution in [-0.2, 0) is 0 Å². The molecular weight excluding hydrogens is 231 g/mol. The highest BCUT2D eigenvalue weighted by Gasteiger charge is 2.27. The molecule has 1 aromatic carbocycles. The van der Waals surface area contributed by atoms with Crippen molar-refractivity contribution in [3.8, 4) is 0 Å². The third-order valence-corrected chi connectivity index (χ3v) is 2.99. The SMILES string of the molecule is O=c1ccn(C2CC2)c2c(F)c(F)c(F)cc12. The van der Waals surface area contributed by atoms with Crippen LogP contribution in [-0.4, -0.2) is 4.57 Å². The summed E-state index contributed by atoms with van der Waals surface area (Å²) in [5, 5.41) is -0.115. The minimum atomic E-state index is -1.53. The van der Waals surface area contributed by atoms with Crippen molar-refractivity contribution < 1.29 is 13.2 Å². The molecule has 1 saturated carbocycles. The van der Waals surface area contributed by atoms with Crippen LogP contribution in [0.5, 0.6) is 0 Å². The zero-order chi connectivity index (χ0) is 12.2. The van der Waals surface area contributed by atoms with Gasteiger partial charge in [0.2, 0.25) is 0 Å². The van der Waals surface area contributed by atoms with E-state index in [4.69, 9.17) is 0 Å². The Morgan fingerprint density at radius 1 is 1.18 bits per heavy atom. The van der Waals surface area contributed by atoms with Crippen LogP contribution in [0.15, 0.2) is 23.1 Å². The van der Waals surface area contributed by atoms with E-state index >= 15 is 0 Å². The van der Waals surface area contributed by atoms with E-state index in [1.54, 1.807) is 0 Å². The van der Waals surface area contributed by atoms with Crippen LogP contribution in [0.25, 0.3) is 10.9 Å². The molecule has 0 radical (unpaired) electrons. The molecule has 2 nitrogen and oxygen atoms in total. The Bertz CT molecular complexity index is 673. The lowest BCUT2D eigenvalue weighted by Crippen LogP contribution is -2.10. The normalized spacial score (nSPS) is 15.5. The molecule has 0 saturated heterocycles. The summed E-state index contributed by atoms with van der Waals surface area (Å²) in [6, 6.07) is 2.09. The molecule has 1 fully saturated rings. The van der Waals surface area contributed by atoms with E-state index in [1.807, 2.05) is 0 Å². The first-order valence-corrected chi connectivity index (χ1v) is 5.28. The van der Waals surface area contributed by atoms with Crippen LogP contribution >= 0.6 is 0 Å². The molecule has 1 heterocycles. The predicted octanol–water partition coefficient (Wildman–Crippen LogP) is 2.75. The average molecular weight is 239 g/mol. The molecule has 88 valence electrons. The maximum Gasteiger partial charge on any atom is 0.196 e. The van der Waals surface area contributed by atoms with Gasteiger partial charge >= 0.3 is 0 Å². The highest BCUT2D eigenvalue weighted by Crippen LogP contribution is 2.37. The average Bonchev–Trinajstić information content (AvgIpc) is 3.12. The highest BCUT2D eigenvalue weighted by molar-refractivity contribution is 5.80. The number of aromatic nitrogens is 1. The maximum absolute atomic E-state index is 13.7. The lowest BCUT2D eigenvalue weighted by atomic mass is 10.2. The third-order valence-electron chi connectivity index (χ3n) is 2.99. The number of halogens is 3. The first-order valence-electron chi connectivity index (χ1n) is 5.28. The Hall–Kier alpha value is -1.78. The zero-order valence-corrected chi connectivity index (χ0v) is 8.71. The van der Waals surface area contributed by atoms with Gasteiger partial charge in [-0.05, 0) is 18.9 Å². The highest BCUT2D eigenvalue weighted by atomic mass is 19.2. The number of hydrogen-bond donors (Lipinski definition) is 0. The first kappa shape index (κ1) is 10.4. The molecule has 17 heavy (non-hydrogen) atoms. The molecule has 1 aromatic heterocycles. The summed E-state index contributed by atoms with van der Waals surface area (Å²) in [7, 11) is 0. The Morgan fingerprint density at radius 2 is 1.88 bits per heavy atom. The van der Waals surface area contributed by atoms with E-state index in [9.17, 15) is 18.0 Å². The van der Waals surface area contributed by atoms with Crippen molar-refractivity contribution in [2.45, 2.75) is 18.9 Å². The van der Waals surface area contributed by atoms with Gasteiger partial charge in [0.05, 0.1) is 10.9 Å². The number of benzene rings is 1. The third kappa shape index (κ3) is 1.45. The molecule has 0 amide bonds. The van der Waals surface area contributed by atoms with Crippen LogP contribution in [0.1, 0.15) is 18.9 Å². The van der Waals surface area contributed by atoms with Gasteiger partial charge in [-0.1, -0.05) is 0 Å². The number of hydrogen-bond acceptors (Lipinski definition) is 1. The molecule has 0 unspecified atom stereocenters. The molecule has 3 rings (SSSR count). The van der Waals surface area contributed by atoms with E-state index in [2.05, 4.69) is 0 Å². The number of nitrogens with zero attached hydrogens (tertiary/aromatic N) is 1. The van der Waals surface area contributed by atoms with Crippen molar-refractivity contribution in [1.82, 2.24) is 4.57 Å². The van der Waals surface area contributed by atoms with Gasteiger partial charge in [0, 0.05) is 18.3 Å². The van der Waals surface area contributed by atoms with Crippen molar-refractivity contribution in [1.29, 1.82) is 0 Å². The molecule has 0 bridgehead atoms. The van der Waals surface area contributed by atoms with Crippen molar-refractivity contribution in [3.05, 3.63) is 46.0 Å². The summed E-state index contributed by atoms with van der Waals surface area (Å²) >= 11 is 0. The maximum atomic E-state index is 13.7. The van der Waals surface area contributed by atoms with Crippen molar-refractivity contribution in [3.63, 3.8) is 0 Å².